The van der Waals surface area contributed by atoms with Gasteiger partial charge in [-0.25, -0.2) is 0 Å². The van der Waals surface area contributed by atoms with Crippen LogP contribution in [0, 0.1) is 0 Å². The number of ether oxygens (including phenoxy) is 2. The topological polar surface area (TPSA) is 54.3 Å². The smallest absolute Gasteiger partial charge is 0.184 e. The van der Waals surface area contributed by atoms with Crippen LogP contribution in [0.25, 0.3) is 0 Å². The van der Waals surface area contributed by atoms with Gasteiger partial charge in [0.15, 0.2) is 6.29 Å². The molecule has 0 amide bonds. The number of nitrogens with zero attached hydrogens (tertiary/aromatic N) is 2. The molecule has 0 saturated carbocycles. The SMILES string of the molecule is O[C@@H]1CO[C@@H](c2ccccc2)O[C@H]1/C=N/N(Cc1ccccc1)Cc1ccccc1. The highest BCUT2D eigenvalue weighted by Crippen LogP contribution is 2.26. The molecule has 1 aliphatic rings. The minimum atomic E-state index is -0.760. The van der Waals surface area contributed by atoms with Crippen LogP contribution in [0.4, 0.5) is 0 Å². The molecule has 3 aromatic carbocycles. The quantitative estimate of drug-likeness (QED) is 0.477. The molecule has 30 heavy (non-hydrogen) atoms. The first-order valence-corrected chi connectivity index (χ1v) is 10.1. The van der Waals surface area contributed by atoms with Crippen LogP contribution in [-0.2, 0) is 22.6 Å². The molecule has 1 N–H and O–H groups in total. The van der Waals surface area contributed by atoms with Gasteiger partial charge in [0.2, 0.25) is 0 Å². The molecule has 0 bridgehead atoms. The Morgan fingerprint density at radius 2 is 1.37 bits per heavy atom. The van der Waals surface area contributed by atoms with Crippen molar-refractivity contribution in [2.24, 2.45) is 5.10 Å². The molecule has 154 valence electrons. The van der Waals surface area contributed by atoms with Crippen LogP contribution in [0.15, 0.2) is 96.1 Å². The molecule has 1 fully saturated rings. The van der Waals surface area contributed by atoms with E-state index in [-0.39, 0.29) is 6.61 Å². The minimum absolute atomic E-state index is 0.202. The third-order valence-electron chi connectivity index (χ3n) is 4.94. The minimum Gasteiger partial charge on any atom is -0.388 e. The van der Waals surface area contributed by atoms with Crippen LogP contribution in [-0.4, -0.2) is 35.1 Å². The average molecular weight is 402 g/mol. The predicted molar refractivity (Wildman–Crippen MR) is 117 cm³/mol. The van der Waals surface area contributed by atoms with Crippen LogP contribution in [0.1, 0.15) is 23.0 Å². The van der Waals surface area contributed by atoms with E-state index in [1.165, 1.54) is 11.1 Å². The molecular weight excluding hydrogens is 376 g/mol. The molecule has 4 rings (SSSR count). The Hall–Kier alpha value is -2.99. The maximum Gasteiger partial charge on any atom is 0.184 e. The Morgan fingerprint density at radius 3 is 1.93 bits per heavy atom. The van der Waals surface area contributed by atoms with E-state index in [0.29, 0.717) is 13.1 Å². The van der Waals surface area contributed by atoms with E-state index in [4.69, 9.17) is 9.47 Å². The summed E-state index contributed by atoms with van der Waals surface area (Å²) in [5, 5.41) is 17.0. The zero-order chi connectivity index (χ0) is 20.6. The summed E-state index contributed by atoms with van der Waals surface area (Å²) in [4.78, 5) is 0. The van der Waals surface area contributed by atoms with Crippen molar-refractivity contribution in [3.8, 4) is 0 Å². The second-order valence-corrected chi connectivity index (χ2v) is 7.30. The number of rotatable bonds is 7. The molecule has 1 heterocycles. The fourth-order valence-electron chi connectivity index (χ4n) is 3.36. The molecular formula is C25H26N2O3. The number of hydrazone groups is 1. The van der Waals surface area contributed by atoms with Gasteiger partial charge in [-0.3, -0.25) is 5.01 Å². The first-order valence-electron chi connectivity index (χ1n) is 10.1. The van der Waals surface area contributed by atoms with E-state index in [9.17, 15) is 5.11 Å². The van der Waals surface area contributed by atoms with Crippen LogP contribution in [0.3, 0.4) is 0 Å². The van der Waals surface area contributed by atoms with E-state index < -0.39 is 18.5 Å². The molecule has 3 atom stereocenters. The van der Waals surface area contributed by atoms with Crippen molar-refractivity contribution in [2.75, 3.05) is 6.61 Å². The highest BCUT2D eigenvalue weighted by atomic mass is 16.7. The Labute approximate surface area is 177 Å². The lowest BCUT2D eigenvalue weighted by Crippen LogP contribution is -2.41. The van der Waals surface area contributed by atoms with Crippen LogP contribution in [0.5, 0.6) is 0 Å². The average Bonchev–Trinajstić information content (AvgIpc) is 2.80. The molecule has 3 aromatic rings. The van der Waals surface area contributed by atoms with Crippen molar-refractivity contribution in [3.63, 3.8) is 0 Å². The zero-order valence-electron chi connectivity index (χ0n) is 16.7. The van der Waals surface area contributed by atoms with Gasteiger partial charge in [0.1, 0.15) is 12.2 Å². The fraction of sp³-hybridized carbons (Fsp3) is 0.240. The number of benzene rings is 3. The van der Waals surface area contributed by atoms with Gasteiger partial charge in [0.05, 0.1) is 25.9 Å². The third-order valence-corrected chi connectivity index (χ3v) is 4.94. The Morgan fingerprint density at radius 1 is 0.833 bits per heavy atom. The van der Waals surface area contributed by atoms with Crippen LogP contribution in [0.2, 0.25) is 0 Å². The summed E-state index contributed by atoms with van der Waals surface area (Å²) >= 11 is 0. The van der Waals surface area contributed by atoms with Gasteiger partial charge in [-0.1, -0.05) is 91.0 Å². The van der Waals surface area contributed by atoms with E-state index in [0.717, 1.165) is 5.56 Å². The normalized spacial score (nSPS) is 21.6. The standard InChI is InChI=1S/C25H26N2O3/c28-23-19-29-25(22-14-8-3-9-15-22)30-24(23)16-26-27(17-20-10-4-1-5-11-20)18-21-12-6-2-7-13-21/h1-16,23-25,28H,17-19H2/b26-16+/t23-,24+,25-/m1/s1. The first kappa shape index (κ1) is 20.3. The number of aliphatic hydroxyl groups is 1. The second-order valence-electron chi connectivity index (χ2n) is 7.30. The van der Waals surface area contributed by atoms with Crippen molar-refractivity contribution < 1.29 is 14.6 Å². The molecule has 5 nitrogen and oxygen atoms in total. The summed E-state index contributed by atoms with van der Waals surface area (Å²) in [6.45, 7) is 1.52. The van der Waals surface area contributed by atoms with Gasteiger partial charge in [-0.2, -0.15) is 5.10 Å². The van der Waals surface area contributed by atoms with E-state index in [1.54, 1.807) is 6.21 Å². The van der Waals surface area contributed by atoms with E-state index in [1.807, 2.05) is 71.7 Å². The summed E-state index contributed by atoms with van der Waals surface area (Å²) in [6.07, 6.45) is -0.126. The monoisotopic (exact) mass is 402 g/mol. The molecule has 0 radical (unpaired) electrons. The molecule has 1 aliphatic heterocycles. The summed E-state index contributed by atoms with van der Waals surface area (Å²) in [5.41, 5.74) is 3.26. The lowest BCUT2D eigenvalue weighted by Gasteiger charge is -2.32. The number of aliphatic hydroxyl groups excluding tert-OH is 1. The van der Waals surface area contributed by atoms with Gasteiger partial charge in [-0.15, -0.1) is 0 Å². The van der Waals surface area contributed by atoms with Gasteiger partial charge in [-0.05, 0) is 11.1 Å². The lowest BCUT2D eigenvalue weighted by molar-refractivity contribution is -0.237. The van der Waals surface area contributed by atoms with Gasteiger partial charge < -0.3 is 14.6 Å². The summed E-state index contributed by atoms with van der Waals surface area (Å²) in [7, 11) is 0. The summed E-state index contributed by atoms with van der Waals surface area (Å²) in [6, 6.07) is 30.2. The zero-order valence-corrected chi connectivity index (χ0v) is 16.7. The van der Waals surface area contributed by atoms with Crippen molar-refractivity contribution >= 4 is 6.21 Å². The van der Waals surface area contributed by atoms with E-state index >= 15 is 0 Å². The molecule has 0 spiro atoms. The molecule has 1 saturated heterocycles. The Bertz CT molecular complexity index is 877. The molecule has 5 heteroatoms. The lowest BCUT2D eigenvalue weighted by atomic mass is 10.1. The van der Waals surface area contributed by atoms with Crippen molar-refractivity contribution in [1.82, 2.24) is 5.01 Å². The number of hydrogen-bond donors (Lipinski definition) is 1. The molecule has 0 aromatic heterocycles. The molecule has 0 aliphatic carbocycles. The highest BCUT2D eigenvalue weighted by Gasteiger charge is 2.30. The largest absolute Gasteiger partial charge is 0.388 e. The Balaban J connectivity index is 1.48. The third kappa shape index (κ3) is 5.54. The summed E-state index contributed by atoms with van der Waals surface area (Å²) < 4.78 is 11.6. The Kier molecular flexibility index (Phi) is 6.87. The van der Waals surface area contributed by atoms with Crippen LogP contribution < -0.4 is 0 Å². The number of hydrogen-bond acceptors (Lipinski definition) is 5. The maximum absolute atomic E-state index is 10.4. The van der Waals surface area contributed by atoms with Crippen molar-refractivity contribution in [1.29, 1.82) is 0 Å². The summed E-state index contributed by atoms with van der Waals surface area (Å²) in [5.74, 6) is 0. The molecule has 0 unspecified atom stereocenters. The first-order chi connectivity index (χ1) is 14.8. The maximum atomic E-state index is 10.4. The van der Waals surface area contributed by atoms with Gasteiger partial charge in [0, 0.05) is 5.56 Å². The second kappa shape index (κ2) is 10.2. The van der Waals surface area contributed by atoms with Gasteiger partial charge >= 0.3 is 0 Å². The van der Waals surface area contributed by atoms with Gasteiger partial charge in [0.25, 0.3) is 0 Å². The van der Waals surface area contributed by atoms with Crippen molar-refractivity contribution in [3.05, 3.63) is 108 Å². The highest BCUT2D eigenvalue weighted by molar-refractivity contribution is 5.64. The van der Waals surface area contributed by atoms with Crippen molar-refractivity contribution in [2.45, 2.75) is 31.6 Å². The predicted octanol–water partition coefficient (Wildman–Crippen LogP) is 4.15. The van der Waals surface area contributed by atoms with Crippen LogP contribution >= 0.6 is 0 Å². The van der Waals surface area contributed by atoms with E-state index in [2.05, 4.69) is 29.4 Å². The fourth-order valence-corrected chi connectivity index (χ4v) is 3.36.